The van der Waals surface area contributed by atoms with Crippen molar-refractivity contribution in [1.82, 2.24) is 9.97 Å². The average molecular weight is 267 g/mol. The second-order valence-corrected chi connectivity index (χ2v) is 4.63. The van der Waals surface area contributed by atoms with Gasteiger partial charge in [-0.1, -0.05) is 0 Å². The Morgan fingerprint density at radius 3 is 2.89 bits per heavy atom. The molecule has 2 N–H and O–H groups in total. The number of carboxylic acid groups (broad SMARTS) is 1. The van der Waals surface area contributed by atoms with E-state index in [1.165, 1.54) is 6.20 Å². The van der Waals surface area contributed by atoms with Gasteiger partial charge >= 0.3 is 5.97 Å². The molecule has 2 atom stereocenters. The number of carboxylic acids is 1. The number of nitrogens with zero attached hydrogens (tertiary/aromatic N) is 3. The molecular weight excluding hydrogens is 250 g/mol. The summed E-state index contributed by atoms with van der Waals surface area (Å²) in [6.07, 6.45) is 1.01. The first-order chi connectivity index (χ1) is 9.01. The van der Waals surface area contributed by atoms with Crippen LogP contribution < -0.4 is 4.90 Å². The Hall–Kier alpha value is -1.73. The van der Waals surface area contributed by atoms with Gasteiger partial charge in [-0.25, -0.2) is 14.8 Å². The van der Waals surface area contributed by atoms with E-state index in [4.69, 9.17) is 9.84 Å². The molecule has 104 valence electrons. The summed E-state index contributed by atoms with van der Waals surface area (Å²) in [5.74, 6) is -0.566. The molecule has 0 saturated carbocycles. The first kappa shape index (κ1) is 13.7. The molecule has 1 aliphatic rings. The molecule has 2 heterocycles. The van der Waals surface area contributed by atoms with E-state index in [2.05, 4.69) is 9.97 Å². The number of hydrogen-bond acceptors (Lipinski definition) is 6. The molecule has 1 aromatic rings. The zero-order chi connectivity index (χ0) is 14.0. The Morgan fingerprint density at radius 2 is 2.32 bits per heavy atom. The van der Waals surface area contributed by atoms with Gasteiger partial charge in [-0.3, -0.25) is 0 Å². The summed E-state index contributed by atoms with van der Waals surface area (Å²) < 4.78 is 5.54. The van der Waals surface area contributed by atoms with Crippen LogP contribution in [0, 0.1) is 6.92 Å². The van der Waals surface area contributed by atoms with Gasteiger partial charge in [-0.15, -0.1) is 0 Å². The maximum absolute atomic E-state index is 10.9. The van der Waals surface area contributed by atoms with E-state index in [1.54, 1.807) is 6.92 Å². The van der Waals surface area contributed by atoms with E-state index in [-0.39, 0.29) is 24.4 Å². The number of rotatable bonds is 3. The lowest BCUT2D eigenvalue weighted by molar-refractivity contribution is -0.0425. The van der Waals surface area contributed by atoms with Crippen LogP contribution in [0.15, 0.2) is 6.20 Å². The Morgan fingerprint density at radius 1 is 1.58 bits per heavy atom. The molecule has 0 aromatic carbocycles. The van der Waals surface area contributed by atoms with Gasteiger partial charge in [0, 0.05) is 19.3 Å². The van der Waals surface area contributed by atoms with E-state index < -0.39 is 5.97 Å². The standard InChI is InChI=1S/C12H17N3O4/c1-7-4-15(5-9(6-16)19-7)12-13-3-10(11(17)18)8(2)14-12/h3,7,9,16H,4-6H2,1-2H3,(H,17,18). The number of aliphatic hydroxyl groups excluding tert-OH is 1. The molecule has 2 rings (SSSR count). The van der Waals surface area contributed by atoms with E-state index in [0.29, 0.717) is 24.7 Å². The molecule has 1 fully saturated rings. The highest BCUT2D eigenvalue weighted by atomic mass is 16.5. The zero-order valence-electron chi connectivity index (χ0n) is 10.9. The lowest BCUT2D eigenvalue weighted by Crippen LogP contribution is -2.48. The number of aromatic carboxylic acids is 1. The third-order valence-electron chi connectivity index (χ3n) is 3.01. The number of carbonyl (C=O) groups is 1. The van der Waals surface area contributed by atoms with Gasteiger partial charge in [0.1, 0.15) is 0 Å². The van der Waals surface area contributed by atoms with Crippen molar-refractivity contribution in [2.45, 2.75) is 26.1 Å². The smallest absolute Gasteiger partial charge is 0.339 e. The number of aromatic nitrogens is 2. The van der Waals surface area contributed by atoms with Crippen molar-refractivity contribution in [2.75, 3.05) is 24.6 Å². The van der Waals surface area contributed by atoms with Gasteiger partial charge < -0.3 is 19.8 Å². The zero-order valence-corrected chi connectivity index (χ0v) is 10.9. The molecule has 0 radical (unpaired) electrons. The fraction of sp³-hybridized carbons (Fsp3) is 0.583. The van der Waals surface area contributed by atoms with Crippen molar-refractivity contribution in [1.29, 1.82) is 0 Å². The van der Waals surface area contributed by atoms with Crippen molar-refractivity contribution < 1.29 is 19.7 Å². The molecule has 1 aliphatic heterocycles. The Labute approximate surface area is 110 Å². The first-order valence-electron chi connectivity index (χ1n) is 6.09. The van der Waals surface area contributed by atoms with E-state index in [1.807, 2.05) is 11.8 Å². The van der Waals surface area contributed by atoms with Crippen LogP contribution >= 0.6 is 0 Å². The van der Waals surface area contributed by atoms with Crippen molar-refractivity contribution in [3.05, 3.63) is 17.5 Å². The van der Waals surface area contributed by atoms with Gasteiger partial charge in [0.05, 0.1) is 30.1 Å². The van der Waals surface area contributed by atoms with Crippen LogP contribution in [0.5, 0.6) is 0 Å². The summed E-state index contributed by atoms with van der Waals surface area (Å²) in [5, 5.41) is 18.1. The van der Waals surface area contributed by atoms with Crippen LogP contribution in [-0.2, 0) is 4.74 Å². The van der Waals surface area contributed by atoms with Gasteiger partial charge in [-0.05, 0) is 13.8 Å². The molecule has 1 saturated heterocycles. The van der Waals surface area contributed by atoms with E-state index in [9.17, 15) is 9.90 Å². The highest BCUT2D eigenvalue weighted by Gasteiger charge is 2.26. The SMILES string of the molecule is Cc1nc(N2CC(C)OC(CO)C2)ncc1C(=O)O. The molecule has 0 bridgehead atoms. The predicted molar refractivity (Wildman–Crippen MR) is 67.4 cm³/mol. The maximum atomic E-state index is 10.9. The Balaban J connectivity index is 2.21. The van der Waals surface area contributed by atoms with Gasteiger partial charge in [0.15, 0.2) is 0 Å². The molecule has 0 spiro atoms. The number of hydrogen-bond donors (Lipinski definition) is 2. The van der Waals surface area contributed by atoms with Crippen molar-refractivity contribution in [3.63, 3.8) is 0 Å². The minimum absolute atomic E-state index is 0.0334. The number of ether oxygens (including phenoxy) is 1. The summed E-state index contributed by atoms with van der Waals surface area (Å²) in [6, 6.07) is 0. The molecule has 0 aliphatic carbocycles. The van der Waals surface area contributed by atoms with Crippen LogP contribution in [0.1, 0.15) is 23.0 Å². The second-order valence-electron chi connectivity index (χ2n) is 4.63. The molecule has 7 nitrogen and oxygen atoms in total. The van der Waals surface area contributed by atoms with E-state index in [0.717, 1.165) is 0 Å². The summed E-state index contributed by atoms with van der Waals surface area (Å²) in [4.78, 5) is 21.1. The topological polar surface area (TPSA) is 95.8 Å². The van der Waals surface area contributed by atoms with Crippen molar-refractivity contribution in [2.24, 2.45) is 0 Å². The van der Waals surface area contributed by atoms with Crippen LogP contribution in [0.3, 0.4) is 0 Å². The Bertz CT molecular complexity index is 480. The van der Waals surface area contributed by atoms with Crippen molar-refractivity contribution in [3.8, 4) is 0 Å². The molecule has 0 amide bonds. The highest BCUT2D eigenvalue weighted by Crippen LogP contribution is 2.17. The van der Waals surface area contributed by atoms with E-state index >= 15 is 0 Å². The molecule has 1 aromatic heterocycles. The van der Waals surface area contributed by atoms with Gasteiger partial charge in [-0.2, -0.15) is 0 Å². The Kier molecular flexibility index (Phi) is 3.96. The molecule has 19 heavy (non-hydrogen) atoms. The average Bonchev–Trinajstić information content (AvgIpc) is 2.37. The fourth-order valence-electron chi connectivity index (χ4n) is 2.13. The molecule has 7 heteroatoms. The van der Waals surface area contributed by atoms with Crippen LogP contribution in [0.25, 0.3) is 0 Å². The summed E-state index contributed by atoms with van der Waals surface area (Å²) in [5.41, 5.74) is 0.529. The van der Waals surface area contributed by atoms with Crippen LogP contribution in [-0.4, -0.2) is 58.1 Å². The molecule has 2 unspecified atom stereocenters. The number of anilines is 1. The second kappa shape index (κ2) is 5.50. The number of morpholine rings is 1. The van der Waals surface area contributed by atoms with Gasteiger partial charge in [0.25, 0.3) is 0 Å². The quantitative estimate of drug-likeness (QED) is 0.800. The minimum Gasteiger partial charge on any atom is -0.478 e. The number of aryl methyl sites for hydroxylation is 1. The third kappa shape index (κ3) is 2.99. The lowest BCUT2D eigenvalue weighted by atomic mass is 10.2. The minimum atomic E-state index is -1.03. The summed E-state index contributed by atoms with van der Waals surface area (Å²) in [7, 11) is 0. The first-order valence-corrected chi connectivity index (χ1v) is 6.09. The summed E-state index contributed by atoms with van der Waals surface area (Å²) in [6.45, 7) is 4.59. The van der Waals surface area contributed by atoms with Crippen molar-refractivity contribution >= 4 is 11.9 Å². The third-order valence-corrected chi connectivity index (χ3v) is 3.01. The lowest BCUT2D eigenvalue weighted by Gasteiger charge is -2.36. The monoisotopic (exact) mass is 267 g/mol. The summed E-state index contributed by atoms with van der Waals surface area (Å²) >= 11 is 0. The fourth-order valence-corrected chi connectivity index (χ4v) is 2.13. The van der Waals surface area contributed by atoms with Crippen LogP contribution in [0.2, 0.25) is 0 Å². The molecular formula is C12H17N3O4. The predicted octanol–water partition coefficient (Wildman–Crippen LogP) is 0.0692. The largest absolute Gasteiger partial charge is 0.478 e. The number of aliphatic hydroxyl groups is 1. The van der Waals surface area contributed by atoms with Gasteiger partial charge in [0.2, 0.25) is 5.95 Å². The van der Waals surface area contributed by atoms with Crippen LogP contribution in [0.4, 0.5) is 5.95 Å². The normalized spacial score (nSPS) is 23.4. The maximum Gasteiger partial charge on any atom is 0.339 e. The highest BCUT2D eigenvalue weighted by molar-refractivity contribution is 5.88.